The van der Waals surface area contributed by atoms with Crippen molar-refractivity contribution < 1.29 is 9.66 Å². The number of nitriles is 1. The third kappa shape index (κ3) is 4.14. The number of aromatic nitrogens is 1. The predicted molar refractivity (Wildman–Crippen MR) is 106 cm³/mol. The minimum atomic E-state index is -0.468. The van der Waals surface area contributed by atoms with Crippen LogP contribution in [0.4, 0.5) is 5.69 Å². The Bertz CT molecular complexity index is 1070. The molecule has 1 heterocycles. The van der Waals surface area contributed by atoms with Crippen LogP contribution in [0.3, 0.4) is 0 Å². The normalized spacial score (nSPS) is 11.1. The first-order valence-electron chi connectivity index (χ1n) is 7.68. The lowest BCUT2D eigenvalue weighted by Gasteiger charge is -2.06. The van der Waals surface area contributed by atoms with Gasteiger partial charge in [-0.15, -0.1) is 11.3 Å². The van der Waals surface area contributed by atoms with Crippen molar-refractivity contribution in [1.82, 2.24) is 4.98 Å². The van der Waals surface area contributed by atoms with Crippen LogP contribution in [0.1, 0.15) is 10.6 Å². The van der Waals surface area contributed by atoms with E-state index in [1.165, 1.54) is 23.5 Å². The van der Waals surface area contributed by atoms with Crippen molar-refractivity contribution in [1.29, 1.82) is 5.26 Å². The minimum Gasteiger partial charge on any atom is -0.496 e. The molecular weight excluding hydrogens is 386 g/mol. The SMILES string of the molecule is COc1ccc(Cl)cc1-c1csc(/C(C#N)=C/c2ccc([N+](=O)[O-])cc2)n1. The molecule has 0 saturated heterocycles. The summed E-state index contributed by atoms with van der Waals surface area (Å²) in [5.74, 6) is 0.633. The molecule has 0 spiro atoms. The van der Waals surface area contributed by atoms with Gasteiger partial charge in [0.05, 0.1) is 23.3 Å². The standard InChI is InChI=1S/C19H12ClN3O3S/c1-26-18-7-4-14(20)9-16(18)17-11-27-19(22-17)13(10-21)8-12-2-5-15(6-3-12)23(24)25/h2-9,11H,1H3/b13-8+. The number of non-ortho nitro benzene ring substituents is 1. The molecule has 0 amide bonds. The van der Waals surface area contributed by atoms with Crippen molar-refractivity contribution in [3.8, 4) is 23.1 Å². The molecular formula is C19H12ClN3O3S. The fourth-order valence-electron chi connectivity index (χ4n) is 2.40. The van der Waals surface area contributed by atoms with E-state index in [9.17, 15) is 15.4 Å². The second-order valence-electron chi connectivity index (χ2n) is 5.40. The van der Waals surface area contributed by atoms with Gasteiger partial charge in [0, 0.05) is 28.1 Å². The first kappa shape index (κ1) is 18.6. The zero-order valence-electron chi connectivity index (χ0n) is 14.0. The summed E-state index contributed by atoms with van der Waals surface area (Å²) in [7, 11) is 1.56. The monoisotopic (exact) mass is 397 g/mol. The number of thiazole rings is 1. The molecule has 27 heavy (non-hydrogen) atoms. The molecule has 0 fully saturated rings. The Hall–Kier alpha value is -3.21. The molecule has 0 radical (unpaired) electrons. The number of ether oxygens (including phenoxy) is 1. The molecule has 0 aliphatic carbocycles. The Balaban J connectivity index is 1.95. The molecule has 0 aliphatic heterocycles. The number of allylic oxidation sites excluding steroid dienone is 1. The van der Waals surface area contributed by atoms with Crippen molar-refractivity contribution >= 4 is 40.3 Å². The summed E-state index contributed by atoms with van der Waals surface area (Å²) in [6, 6.07) is 13.3. The smallest absolute Gasteiger partial charge is 0.269 e. The number of nitro groups is 1. The first-order valence-corrected chi connectivity index (χ1v) is 8.93. The fraction of sp³-hybridized carbons (Fsp3) is 0.0526. The van der Waals surface area contributed by atoms with E-state index in [0.717, 1.165) is 5.56 Å². The van der Waals surface area contributed by atoms with Gasteiger partial charge in [0.25, 0.3) is 5.69 Å². The number of benzene rings is 2. The van der Waals surface area contributed by atoms with Crippen molar-refractivity contribution in [3.63, 3.8) is 0 Å². The van der Waals surface area contributed by atoms with Crippen LogP contribution in [0.15, 0.2) is 47.8 Å². The van der Waals surface area contributed by atoms with Gasteiger partial charge in [0.2, 0.25) is 0 Å². The van der Waals surface area contributed by atoms with E-state index in [0.29, 0.717) is 32.6 Å². The topological polar surface area (TPSA) is 89.0 Å². The van der Waals surface area contributed by atoms with Gasteiger partial charge in [-0.05, 0) is 42.0 Å². The Morgan fingerprint density at radius 2 is 2.07 bits per heavy atom. The van der Waals surface area contributed by atoms with Gasteiger partial charge in [-0.1, -0.05) is 11.6 Å². The first-order chi connectivity index (χ1) is 13.0. The third-order valence-corrected chi connectivity index (χ3v) is 4.82. The molecule has 0 bridgehead atoms. The molecule has 0 atom stereocenters. The molecule has 0 unspecified atom stereocenters. The van der Waals surface area contributed by atoms with Gasteiger partial charge in [-0.2, -0.15) is 5.26 Å². The summed E-state index contributed by atoms with van der Waals surface area (Å²) >= 11 is 7.39. The van der Waals surface area contributed by atoms with Gasteiger partial charge >= 0.3 is 0 Å². The highest BCUT2D eigenvalue weighted by atomic mass is 35.5. The largest absolute Gasteiger partial charge is 0.496 e. The summed E-state index contributed by atoms with van der Waals surface area (Å²) in [5, 5.41) is 23.2. The van der Waals surface area contributed by atoms with Crippen molar-refractivity contribution in [2.75, 3.05) is 7.11 Å². The van der Waals surface area contributed by atoms with Crippen molar-refractivity contribution in [2.45, 2.75) is 0 Å². The average molecular weight is 398 g/mol. The summed E-state index contributed by atoms with van der Waals surface area (Å²) in [5.41, 5.74) is 2.42. The Morgan fingerprint density at radius 3 is 2.70 bits per heavy atom. The third-order valence-electron chi connectivity index (χ3n) is 3.71. The van der Waals surface area contributed by atoms with E-state index < -0.39 is 4.92 Å². The second-order valence-corrected chi connectivity index (χ2v) is 6.70. The van der Waals surface area contributed by atoms with Crippen LogP contribution in [-0.2, 0) is 0 Å². The van der Waals surface area contributed by atoms with E-state index in [4.69, 9.17) is 16.3 Å². The minimum absolute atomic E-state index is 0.00440. The maximum Gasteiger partial charge on any atom is 0.269 e. The maximum atomic E-state index is 10.7. The molecule has 3 aromatic rings. The average Bonchev–Trinajstić information content (AvgIpc) is 3.16. The number of hydrogen-bond donors (Lipinski definition) is 0. The number of rotatable bonds is 5. The van der Waals surface area contributed by atoms with E-state index in [1.54, 1.807) is 43.5 Å². The zero-order valence-corrected chi connectivity index (χ0v) is 15.6. The number of halogens is 1. The number of methoxy groups -OCH3 is 1. The summed E-state index contributed by atoms with van der Waals surface area (Å²) < 4.78 is 5.35. The molecule has 0 N–H and O–H groups in total. The second kappa shape index (κ2) is 7.99. The fourth-order valence-corrected chi connectivity index (χ4v) is 3.36. The van der Waals surface area contributed by atoms with Crippen molar-refractivity contribution in [3.05, 3.63) is 73.6 Å². The number of hydrogen-bond acceptors (Lipinski definition) is 6. The van der Waals surface area contributed by atoms with Crippen LogP contribution in [0.5, 0.6) is 5.75 Å². The quantitative estimate of drug-likeness (QED) is 0.324. The van der Waals surface area contributed by atoms with Crippen LogP contribution in [-0.4, -0.2) is 17.0 Å². The van der Waals surface area contributed by atoms with Gasteiger partial charge in [0.1, 0.15) is 16.8 Å². The van der Waals surface area contributed by atoms with Crippen LogP contribution in [0, 0.1) is 21.4 Å². The molecule has 134 valence electrons. The Kier molecular flexibility index (Phi) is 5.50. The van der Waals surface area contributed by atoms with E-state index >= 15 is 0 Å². The van der Waals surface area contributed by atoms with E-state index in [-0.39, 0.29) is 5.69 Å². The number of nitrogens with zero attached hydrogens (tertiary/aromatic N) is 3. The maximum absolute atomic E-state index is 10.7. The lowest BCUT2D eigenvalue weighted by atomic mass is 10.1. The lowest BCUT2D eigenvalue weighted by molar-refractivity contribution is -0.384. The number of nitro benzene ring substituents is 1. The molecule has 2 aromatic carbocycles. The van der Waals surface area contributed by atoms with Crippen LogP contribution >= 0.6 is 22.9 Å². The van der Waals surface area contributed by atoms with Gasteiger partial charge in [-0.25, -0.2) is 4.98 Å². The van der Waals surface area contributed by atoms with Crippen molar-refractivity contribution in [2.24, 2.45) is 0 Å². The van der Waals surface area contributed by atoms with Gasteiger partial charge in [-0.3, -0.25) is 10.1 Å². The van der Waals surface area contributed by atoms with Gasteiger partial charge in [0.15, 0.2) is 0 Å². The highest BCUT2D eigenvalue weighted by Gasteiger charge is 2.13. The molecule has 3 rings (SSSR count). The highest BCUT2D eigenvalue weighted by Crippen LogP contribution is 2.34. The Labute approximate surface area is 164 Å². The highest BCUT2D eigenvalue weighted by molar-refractivity contribution is 7.11. The predicted octanol–water partition coefficient (Wildman–Crippen LogP) is 5.44. The zero-order chi connectivity index (χ0) is 19.4. The molecule has 6 nitrogen and oxygen atoms in total. The van der Waals surface area contributed by atoms with Gasteiger partial charge < -0.3 is 4.74 Å². The summed E-state index contributed by atoms with van der Waals surface area (Å²) in [4.78, 5) is 14.8. The van der Waals surface area contributed by atoms with Crippen LogP contribution < -0.4 is 4.74 Å². The summed E-state index contributed by atoms with van der Waals surface area (Å²) in [6.45, 7) is 0. The lowest BCUT2D eigenvalue weighted by Crippen LogP contribution is -1.89. The van der Waals surface area contributed by atoms with E-state index in [2.05, 4.69) is 11.1 Å². The molecule has 1 aromatic heterocycles. The Morgan fingerprint density at radius 1 is 1.33 bits per heavy atom. The summed E-state index contributed by atoms with van der Waals surface area (Å²) in [6.07, 6.45) is 1.64. The molecule has 8 heteroatoms. The molecule has 0 aliphatic rings. The van der Waals surface area contributed by atoms with E-state index in [1.807, 2.05) is 5.38 Å². The van der Waals surface area contributed by atoms with Crippen LogP contribution in [0.2, 0.25) is 5.02 Å². The van der Waals surface area contributed by atoms with Crippen LogP contribution in [0.25, 0.3) is 22.9 Å². The molecule has 0 saturated carbocycles.